The van der Waals surface area contributed by atoms with Gasteiger partial charge in [0.1, 0.15) is 0 Å². The van der Waals surface area contributed by atoms with Gasteiger partial charge >= 0.3 is 0 Å². The fourth-order valence-electron chi connectivity index (χ4n) is 3.16. The molecule has 0 radical (unpaired) electrons. The highest BCUT2D eigenvalue weighted by molar-refractivity contribution is 7.89. The first-order valence-corrected chi connectivity index (χ1v) is 9.49. The molecule has 1 saturated heterocycles. The maximum absolute atomic E-state index is 12.9. The van der Waals surface area contributed by atoms with Gasteiger partial charge in [0.15, 0.2) is 0 Å². The van der Waals surface area contributed by atoms with E-state index >= 15 is 0 Å². The van der Waals surface area contributed by atoms with Crippen LogP contribution in [0, 0.1) is 0 Å². The molecular formula is C16H22N2O4S. The minimum Gasteiger partial charge on any atom is -0.377 e. The Bertz CT molecular complexity index is 700. The summed E-state index contributed by atoms with van der Waals surface area (Å²) in [6, 6.07) is 4.95. The topological polar surface area (TPSA) is 75.7 Å². The van der Waals surface area contributed by atoms with Gasteiger partial charge in [-0.15, -0.1) is 0 Å². The van der Waals surface area contributed by atoms with Gasteiger partial charge in [-0.3, -0.25) is 4.79 Å². The van der Waals surface area contributed by atoms with Gasteiger partial charge in [-0.1, -0.05) is 0 Å². The van der Waals surface area contributed by atoms with Crippen molar-refractivity contribution in [1.29, 1.82) is 0 Å². The number of nitrogens with zero attached hydrogens (tertiary/aromatic N) is 1. The molecule has 1 amide bonds. The third-order valence-electron chi connectivity index (χ3n) is 4.35. The summed E-state index contributed by atoms with van der Waals surface area (Å²) in [5.41, 5.74) is 1.59. The Morgan fingerprint density at radius 1 is 1.35 bits per heavy atom. The first-order chi connectivity index (χ1) is 11.0. The van der Waals surface area contributed by atoms with Crippen molar-refractivity contribution >= 4 is 21.6 Å². The second-order valence-corrected chi connectivity index (χ2v) is 7.89. The lowest BCUT2D eigenvalue weighted by molar-refractivity contribution is -0.116. The van der Waals surface area contributed by atoms with E-state index in [-0.39, 0.29) is 12.0 Å². The van der Waals surface area contributed by atoms with Gasteiger partial charge in [-0.25, -0.2) is 8.42 Å². The van der Waals surface area contributed by atoms with E-state index in [2.05, 4.69) is 5.32 Å². The molecule has 1 fully saturated rings. The Morgan fingerprint density at radius 3 is 2.96 bits per heavy atom. The Hall–Kier alpha value is -1.44. The predicted molar refractivity (Wildman–Crippen MR) is 86.8 cm³/mol. The van der Waals surface area contributed by atoms with Gasteiger partial charge in [0.25, 0.3) is 0 Å². The summed E-state index contributed by atoms with van der Waals surface area (Å²) in [4.78, 5) is 11.7. The van der Waals surface area contributed by atoms with Crippen molar-refractivity contribution in [3.05, 3.63) is 23.8 Å². The maximum Gasteiger partial charge on any atom is 0.243 e. The number of nitrogens with one attached hydrogen (secondary N) is 1. The predicted octanol–water partition coefficient (Wildman–Crippen LogP) is 1.76. The average Bonchev–Trinajstić information content (AvgIpc) is 2.55. The molecule has 0 spiro atoms. The van der Waals surface area contributed by atoms with E-state index in [1.165, 1.54) is 4.31 Å². The molecule has 2 heterocycles. The molecule has 7 heteroatoms. The molecule has 2 aliphatic rings. The molecule has 0 unspecified atom stereocenters. The molecule has 2 aliphatic heterocycles. The second kappa shape index (κ2) is 6.59. The van der Waals surface area contributed by atoms with E-state index < -0.39 is 10.0 Å². The van der Waals surface area contributed by atoms with Gasteiger partial charge < -0.3 is 10.1 Å². The highest BCUT2D eigenvalue weighted by Crippen LogP contribution is 2.28. The van der Waals surface area contributed by atoms with Crippen LogP contribution in [0.5, 0.6) is 0 Å². The van der Waals surface area contributed by atoms with Gasteiger partial charge in [0.05, 0.1) is 11.0 Å². The molecule has 1 atom stereocenters. The quantitative estimate of drug-likeness (QED) is 0.908. The fraction of sp³-hybridized carbons (Fsp3) is 0.562. The van der Waals surface area contributed by atoms with Crippen molar-refractivity contribution in [2.75, 3.05) is 25.0 Å². The summed E-state index contributed by atoms with van der Waals surface area (Å²) in [7, 11) is -3.52. The number of carbonyl (C=O) groups excluding carboxylic acids is 1. The Kier molecular flexibility index (Phi) is 4.70. The molecule has 0 bridgehead atoms. The molecule has 1 N–H and O–H groups in total. The summed E-state index contributed by atoms with van der Waals surface area (Å²) in [6.45, 7) is 3.45. The molecule has 0 aliphatic carbocycles. The maximum atomic E-state index is 12.9. The third kappa shape index (κ3) is 3.41. The first kappa shape index (κ1) is 16.4. The highest BCUT2D eigenvalue weighted by Gasteiger charge is 2.31. The Morgan fingerprint density at radius 2 is 2.17 bits per heavy atom. The van der Waals surface area contributed by atoms with Gasteiger partial charge in [-0.2, -0.15) is 4.31 Å². The van der Waals surface area contributed by atoms with Gasteiger partial charge in [0, 0.05) is 31.8 Å². The van der Waals surface area contributed by atoms with Crippen LogP contribution in [-0.2, 0) is 26.0 Å². The standard InChI is InChI=1S/C16H22N2O4S/c1-2-22-13-4-3-9-18(11-13)23(20,21)14-6-7-15-12(10-14)5-8-16(19)17-15/h6-7,10,13H,2-5,8-9,11H2,1H3,(H,17,19)/t13-/m1/s1. The lowest BCUT2D eigenvalue weighted by Gasteiger charge is -2.32. The molecular weight excluding hydrogens is 316 g/mol. The van der Waals surface area contributed by atoms with E-state index in [1.807, 2.05) is 6.92 Å². The Balaban J connectivity index is 1.83. The van der Waals surface area contributed by atoms with Crippen LogP contribution in [0.1, 0.15) is 31.7 Å². The number of piperidine rings is 1. The van der Waals surface area contributed by atoms with Crippen molar-refractivity contribution in [1.82, 2.24) is 4.31 Å². The number of benzene rings is 1. The molecule has 23 heavy (non-hydrogen) atoms. The van der Waals surface area contributed by atoms with Crippen molar-refractivity contribution in [3.8, 4) is 0 Å². The van der Waals surface area contributed by atoms with Crippen molar-refractivity contribution < 1.29 is 17.9 Å². The van der Waals surface area contributed by atoms with Crippen LogP contribution in [0.4, 0.5) is 5.69 Å². The van der Waals surface area contributed by atoms with Crippen molar-refractivity contribution in [2.24, 2.45) is 0 Å². The smallest absolute Gasteiger partial charge is 0.243 e. The number of rotatable bonds is 4. The van der Waals surface area contributed by atoms with Crippen molar-refractivity contribution in [2.45, 2.75) is 43.6 Å². The zero-order chi connectivity index (χ0) is 16.4. The molecule has 1 aromatic rings. The Labute approximate surface area is 136 Å². The number of anilines is 1. The number of carbonyl (C=O) groups is 1. The van der Waals surface area contributed by atoms with Crippen LogP contribution >= 0.6 is 0 Å². The number of amides is 1. The summed E-state index contributed by atoms with van der Waals surface area (Å²) in [5, 5.41) is 2.77. The van der Waals surface area contributed by atoms with Crippen LogP contribution in [0.3, 0.4) is 0 Å². The van der Waals surface area contributed by atoms with E-state index in [1.54, 1.807) is 18.2 Å². The number of hydrogen-bond donors (Lipinski definition) is 1. The largest absolute Gasteiger partial charge is 0.377 e. The van der Waals surface area contributed by atoms with E-state index in [9.17, 15) is 13.2 Å². The highest BCUT2D eigenvalue weighted by atomic mass is 32.2. The van der Waals surface area contributed by atoms with Gasteiger partial charge in [-0.05, 0) is 49.9 Å². The van der Waals surface area contributed by atoms with E-state index in [0.717, 1.165) is 18.4 Å². The van der Waals surface area contributed by atoms with Crippen LogP contribution in [-0.4, -0.2) is 44.4 Å². The minimum atomic E-state index is -3.52. The molecule has 126 valence electrons. The summed E-state index contributed by atoms with van der Waals surface area (Å²) < 4.78 is 32.8. The number of fused-ring (bicyclic) bond motifs is 1. The number of aryl methyl sites for hydroxylation is 1. The number of hydrogen-bond acceptors (Lipinski definition) is 4. The van der Waals surface area contributed by atoms with Crippen LogP contribution in [0.2, 0.25) is 0 Å². The van der Waals surface area contributed by atoms with Crippen LogP contribution in [0.25, 0.3) is 0 Å². The van der Waals surface area contributed by atoms with Gasteiger partial charge in [0.2, 0.25) is 15.9 Å². The zero-order valence-corrected chi connectivity index (χ0v) is 14.1. The second-order valence-electron chi connectivity index (χ2n) is 5.95. The zero-order valence-electron chi connectivity index (χ0n) is 13.2. The normalized spacial score (nSPS) is 22.5. The van der Waals surface area contributed by atoms with Crippen molar-refractivity contribution in [3.63, 3.8) is 0 Å². The lowest BCUT2D eigenvalue weighted by atomic mass is 10.0. The first-order valence-electron chi connectivity index (χ1n) is 8.05. The van der Waals surface area contributed by atoms with Crippen LogP contribution < -0.4 is 5.32 Å². The third-order valence-corrected chi connectivity index (χ3v) is 6.21. The SMILES string of the molecule is CCO[C@@H]1CCCN(S(=O)(=O)c2ccc3c(c2)CCC(=O)N3)C1. The average molecular weight is 338 g/mol. The number of ether oxygens (including phenoxy) is 1. The molecule has 0 aromatic heterocycles. The van der Waals surface area contributed by atoms with E-state index in [4.69, 9.17) is 4.74 Å². The molecule has 3 rings (SSSR count). The summed E-state index contributed by atoms with van der Waals surface area (Å²) in [5.74, 6) is -0.0244. The number of sulfonamides is 1. The molecule has 6 nitrogen and oxygen atoms in total. The molecule has 0 saturated carbocycles. The monoisotopic (exact) mass is 338 g/mol. The summed E-state index contributed by atoms with van der Waals surface area (Å²) >= 11 is 0. The van der Waals surface area contributed by atoms with E-state index in [0.29, 0.717) is 43.1 Å². The summed E-state index contributed by atoms with van der Waals surface area (Å²) in [6.07, 6.45) is 2.65. The van der Waals surface area contributed by atoms with Crippen LogP contribution in [0.15, 0.2) is 23.1 Å². The molecule has 1 aromatic carbocycles. The fourth-order valence-corrected chi connectivity index (χ4v) is 4.73. The lowest BCUT2D eigenvalue weighted by Crippen LogP contribution is -2.43. The minimum absolute atomic E-state index is 0.0244.